The fourth-order valence-corrected chi connectivity index (χ4v) is 3.19. The first-order valence-electron chi connectivity index (χ1n) is 6.93. The topological polar surface area (TPSA) is 104 Å². The van der Waals surface area contributed by atoms with E-state index in [1.165, 1.54) is 19.2 Å². The quantitative estimate of drug-likeness (QED) is 0.480. The van der Waals surface area contributed by atoms with E-state index in [0.717, 1.165) is 24.2 Å². The Labute approximate surface area is 134 Å². The summed E-state index contributed by atoms with van der Waals surface area (Å²) in [6.45, 7) is -0.106. The zero-order chi connectivity index (χ0) is 16.6. The number of benzene rings is 1. The fraction of sp³-hybridized carbons (Fsp3) is 0.357. The van der Waals surface area contributed by atoms with Gasteiger partial charge >= 0.3 is 5.97 Å². The number of thiazole rings is 1. The number of nitro benzene ring substituents is 1. The average molecular weight is 335 g/mol. The molecule has 1 aliphatic carbocycles. The minimum atomic E-state index is -0.490. The highest BCUT2D eigenvalue weighted by Gasteiger charge is 2.29. The highest BCUT2D eigenvalue weighted by atomic mass is 32.1. The van der Waals surface area contributed by atoms with Gasteiger partial charge < -0.3 is 9.30 Å². The third kappa shape index (κ3) is 3.14. The van der Waals surface area contributed by atoms with Crippen molar-refractivity contribution >= 4 is 39.1 Å². The summed E-state index contributed by atoms with van der Waals surface area (Å²) in [5, 5.41) is 10.9. The number of non-ortho nitro benzene ring substituents is 1. The summed E-state index contributed by atoms with van der Waals surface area (Å²) in [4.78, 5) is 38.4. The molecule has 1 aromatic heterocycles. The molecule has 0 radical (unpaired) electrons. The van der Waals surface area contributed by atoms with Crippen molar-refractivity contribution in [3.63, 3.8) is 0 Å². The third-order valence-electron chi connectivity index (χ3n) is 3.52. The van der Waals surface area contributed by atoms with E-state index in [9.17, 15) is 19.7 Å². The molecule has 1 aliphatic rings. The van der Waals surface area contributed by atoms with Gasteiger partial charge in [0.25, 0.3) is 11.6 Å². The lowest BCUT2D eigenvalue weighted by Crippen LogP contribution is -2.22. The SMILES string of the molecule is COC(=O)Cn1c(=NC(=O)C2CC2)sc2cc([N+](=O)[O-])ccc21. The predicted molar refractivity (Wildman–Crippen MR) is 81.8 cm³/mol. The normalized spacial score (nSPS) is 14.9. The van der Waals surface area contributed by atoms with E-state index in [0.29, 0.717) is 15.0 Å². The first kappa shape index (κ1) is 15.3. The number of hydrogen-bond donors (Lipinski definition) is 0. The Morgan fingerprint density at radius 2 is 2.22 bits per heavy atom. The molecule has 1 fully saturated rings. The van der Waals surface area contributed by atoms with Gasteiger partial charge in [0.1, 0.15) is 6.54 Å². The smallest absolute Gasteiger partial charge is 0.325 e. The molecular weight excluding hydrogens is 322 g/mol. The predicted octanol–water partition coefficient (Wildman–Crippen LogP) is 1.62. The first-order valence-corrected chi connectivity index (χ1v) is 7.74. The Morgan fingerprint density at radius 3 is 2.83 bits per heavy atom. The van der Waals surface area contributed by atoms with Crippen LogP contribution in [0.25, 0.3) is 10.2 Å². The van der Waals surface area contributed by atoms with Crippen molar-refractivity contribution in [2.75, 3.05) is 7.11 Å². The molecule has 0 bridgehead atoms. The van der Waals surface area contributed by atoms with Crippen molar-refractivity contribution in [3.8, 4) is 0 Å². The minimum absolute atomic E-state index is 0.0406. The van der Waals surface area contributed by atoms with Crippen LogP contribution in [-0.4, -0.2) is 28.5 Å². The summed E-state index contributed by atoms with van der Waals surface area (Å²) in [6, 6.07) is 4.32. The van der Waals surface area contributed by atoms with E-state index in [2.05, 4.69) is 9.73 Å². The maximum absolute atomic E-state index is 11.9. The lowest BCUT2D eigenvalue weighted by molar-refractivity contribution is -0.384. The van der Waals surface area contributed by atoms with Crippen molar-refractivity contribution in [1.82, 2.24) is 4.57 Å². The lowest BCUT2D eigenvalue weighted by Gasteiger charge is -2.03. The van der Waals surface area contributed by atoms with E-state index >= 15 is 0 Å². The molecule has 0 atom stereocenters. The number of esters is 1. The Morgan fingerprint density at radius 1 is 1.48 bits per heavy atom. The number of nitro groups is 1. The van der Waals surface area contributed by atoms with Crippen molar-refractivity contribution in [3.05, 3.63) is 33.1 Å². The number of nitrogens with zero attached hydrogens (tertiary/aromatic N) is 3. The molecule has 8 nitrogen and oxygen atoms in total. The van der Waals surface area contributed by atoms with Gasteiger partial charge in [-0.1, -0.05) is 11.3 Å². The molecule has 0 aliphatic heterocycles. The summed E-state index contributed by atoms with van der Waals surface area (Å²) >= 11 is 1.14. The van der Waals surface area contributed by atoms with Crippen LogP contribution in [0.3, 0.4) is 0 Å². The van der Waals surface area contributed by atoms with Crippen LogP contribution in [0.5, 0.6) is 0 Å². The molecule has 1 heterocycles. The number of ether oxygens (including phenoxy) is 1. The zero-order valence-corrected chi connectivity index (χ0v) is 13.0. The van der Waals surface area contributed by atoms with E-state index in [1.807, 2.05) is 0 Å². The van der Waals surface area contributed by atoms with E-state index in [4.69, 9.17) is 0 Å². The van der Waals surface area contributed by atoms with Gasteiger partial charge in [0.15, 0.2) is 4.80 Å². The number of carbonyl (C=O) groups is 2. The number of hydrogen-bond acceptors (Lipinski definition) is 6. The maximum Gasteiger partial charge on any atom is 0.325 e. The second-order valence-electron chi connectivity index (χ2n) is 5.18. The van der Waals surface area contributed by atoms with Gasteiger partial charge in [0.05, 0.1) is 22.2 Å². The maximum atomic E-state index is 11.9. The molecule has 120 valence electrons. The van der Waals surface area contributed by atoms with Crippen molar-refractivity contribution in [2.45, 2.75) is 19.4 Å². The standard InChI is InChI=1S/C14H13N3O5S/c1-22-12(18)7-16-10-5-4-9(17(20)21)6-11(10)23-14(16)15-13(19)8-2-3-8/h4-6,8H,2-3,7H2,1H3. The summed E-state index contributed by atoms with van der Waals surface area (Å²) in [6.07, 6.45) is 1.66. The Bertz CT molecular complexity index is 878. The highest BCUT2D eigenvalue weighted by molar-refractivity contribution is 7.16. The van der Waals surface area contributed by atoms with Crippen LogP contribution in [0.15, 0.2) is 23.2 Å². The largest absolute Gasteiger partial charge is 0.468 e. The van der Waals surface area contributed by atoms with E-state index in [-0.39, 0.29) is 24.1 Å². The van der Waals surface area contributed by atoms with Crippen LogP contribution in [0.2, 0.25) is 0 Å². The van der Waals surface area contributed by atoms with Crippen molar-refractivity contribution in [2.24, 2.45) is 10.9 Å². The van der Waals surface area contributed by atoms with E-state index < -0.39 is 10.9 Å². The first-order chi connectivity index (χ1) is 11.0. The van der Waals surface area contributed by atoms with Crippen LogP contribution < -0.4 is 4.80 Å². The summed E-state index contributed by atoms with van der Waals surface area (Å²) in [7, 11) is 1.27. The number of amides is 1. The number of rotatable bonds is 4. The molecule has 9 heteroatoms. The van der Waals surface area contributed by atoms with Crippen LogP contribution >= 0.6 is 11.3 Å². The Balaban J connectivity index is 2.15. The molecule has 1 amide bonds. The van der Waals surface area contributed by atoms with Gasteiger partial charge in [-0.3, -0.25) is 19.7 Å². The van der Waals surface area contributed by atoms with Gasteiger partial charge in [-0.25, -0.2) is 0 Å². The third-order valence-corrected chi connectivity index (χ3v) is 4.57. The van der Waals surface area contributed by atoms with Crippen molar-refractivity contribution in [1.29, 1.82) is 0 Å². The number of methoxy groups -OCH3 is 1. The van der Waals surface area contributed by atoms with Gasteiger partial charge in [0, 0.05) is 18.1 Å². The molecule has 3 rings (SSSR count). The monoisotopic (exact) mass is 335 g/mol. The summed E-state index contributed by atoms with van der Waals surface area (Å²) in [5.41, 5.74) is 0.553. The highest BCUT2D eigenvalue weighted by Crippen LogP contribution is 2.30. The minimum Gasteiger partial charge on any atom is -0.468 e. The number of carbonyl (C=O) groups excluding carboxylic acids is 2. The van der Waals surface area contributed by atoms with Gasteiger partial charge in [-0.15, -0.1) is 0 Å². The van der Waals surface area contributed by atoms with Crippen LogP contribution in [0.4, 0.5) is 5.69 Å². The molecule has 0 saturated heterocycles. The van der Waals surface area contributed by atoms with E-state index in [1.54, 1.807) is 10.6 Å². The summed E-state index contributed by atoms with van der Waals surface area (Å²) in [5.74, 6) is -0.742. The molecule has 0 unspecified atom stereocenters. The average Bonchev–Trinajstić information content (AvgIpc) is 3.32. The Kier molecular flexibility index (Phi) is 3.95. The van der Waals surface area contributed by atoms with Gasteiger partial charge in [-0.05, 0) is 18.9 Å². The second kappa shape index (κ2) is 5.92. The summed E-state index contributed by atoms with van der Waals surface area (Å²) < 4.78 is 6.80. The molecule has 0 N–H and O–H groups in total. The molecule has 2 aromatic rings. The number of fused-ring (bicyclic) bond motifs is 1. The van der Waals surface area contributed by atoms with Crippen LogP contribution in [-0.2, 0) is 20.9 Å². The molecule has 23 heavy (non-hydrogen) atoms. The van der Waals surface area contributed by atoms with Gasteiger partial charge in [-0.2, -0.15) is 4.99 Å². The van der Waals surface area contributed by atoms with Crippen molar-refractivity contribution < 1.29 is 19.2 Å². The Hall–Kier alpha value is -2.55. The second-order valence-corrected chi connectivity index (χ2v) is 6.19. The zero-order valence-electron chi connectivity index (χ0n) is 12.2. The van der Waals surface area contributed by atoms with Crippen LogP contribution in [0, 0.1) is 16.0 Å². The fourth-order valence-electron chi connectivity index (χ4n) is 2.12. The molecule has 0 spiro atoms. The molecular formula is C14H13N3O5S. The molecule has 1 aromatic carbocycles. The van der Waals surface area contributed by atoms with Crippen LogP contribution in [0.1, 0.15) is 12.8 Å². The van der Waals surface area contributed by atoms with Gasteiger partial charge in [0.2, 0.25) is 0 Å². The molecule has 1 saturated carbocycles. The lowest BCUT2D eigenvalue weighted by atomic mass is 10.3. The number of aromatic nitrogens is 1.